The fourth-order valence-electron chi connectivity index (χ4n) is 6.49. The molecule has 0 bridgehead atoms. The standard InChI is InChI=1S/C48H36N2/c1-4-14-35(15-5-1)37-26-29-43(30-27-37)49-47-25-11-10-24-45(47)42-22-12-20-39(32-42)41-28-31-48(46(34-41)38-18-8-3-9-19-38)50-44-23-13-21-40(33-44)36-16-6-2-7-17-36/h1-34,49-50H. The van der Waals surface area contributed by atoms with Crippen LogP contribution in [0.2, 0.25) is 0 Å². The zero-order valence-electron chi connectivity index (χ0n) is 27.6. The van der Waals surface area contributed by atoms with E-state index in [0.29, 0.717) is 0 Å². The third kappa shape index (κ3) is 6.82. The van der Waals surface area contributed by atoms with Gasteiger partial charge in [-0.3, -0.25) is 0 Å². The number of nitrogens with one attached hydrogen (secondary N) is 2. The van der Waals surface area contributed by atoms with Gasteiger partial charge >= 0.3 is 0 Å². The molecule has 0 heterocycles. The van der Waals surface area contributed by atoms with Crippen molar-refractivity contribution < 1.29 is 0 Å². The topological polar surface area (TPSA) is 24.1 Å². The molecular formula is C48H36N2. The molecule has 0 aromatic heterocycles. The lowest BCUT2D eigenvalue weighted by Gasteiger charge is -2.16. The molecule has 8 aromatic rings. The van der Waals surface area contributed by atoms with Gasteiger partial charge in [0.25, 0.3) is 0 Å². The van der Waals surface area contributed by atoms with E-state index in [1.54, 1.807) is 0 Å². The normalized spacial score (nSPS) is 10.8. The molecule has 0 unspecified atom stereocenters. The molecular weight excluding hydrogens is 605 g/mol. The molecule has 0 aliphatic carbocycles. The van der Waals surface area contributed by atoms with Crippen LogP contribution in [0.3, 0.4) is 0 Å². The minimum Gasteiger partial charge on any atom is -0.355 e. The molecule has 2 N–H and O–H groups in total. The molecule has 0 amide bonds. The Bertz CT molecular complexity index is 2350. The Labute approximate surface area is 294 Å². The van der Waals surface area contributed by atoms with Crippen molar-refractivity contribution in [2.75, 3.05) is 10.6 Å². The Hall–Kier alpha value is -6.64. The molecule has 0 aliphatic rings. The average Bonchev–Trinajstić information content (AvgIpc) is 3.20. The lowest BCUT2D eigenvalue weighted by molar-refractivity contribution is 1.51. The maximum atomic E-state index is 3.73. The zero-order valence-corrected chi connectivity index (χ0v) is 27.6. The Morgan fingerprint density at radius 1 is 0.220 bits per heavy atom. The third-order valence-corrected chi connectivity index (χ3v) is 9.06. The highest BCUT2D eigenvalue weighted by Crippen LogP contribution is 2.38. The van der Waals surface area contributed by atoms with Crippen LogP contribution in [0, 0.1) is 0 Å². The molecule has 0 atom stereocenters. The summed E-state index contributed by atoms with van der Waals surface area (Å²) in [4.78, 5) is 0. The van der Waals surface area contributed by atoms with Gasteiger partial charge in [-0.15, -0.1) is 0 Å². The highest BCUT2D eigenvalue weighted by molar-refractivity contribution is 5.88. The van der Waals surface area contributed by atoms with Gasteiger partial charge in [0.15, 0.2) is 0 Å². The van der Waals surface area contributed by atoms with Crippen LogP contribution >= 0.6 is 0 Å². The van der Waals surface area contributed by atoms with E-state index >= 15 is 0 Å². The first-order valence-corrected chi connectivity index (χ1v) is 17.0. The van der Waals surface area contributed by atoms with E-state index in [2.05, 4.69) is 211 Å². The molecule has 2 nitrogen and oxygen atoms in total. The minimum absolute atomic E-state index is 1.05. The first kappa shape index (κ1) is 30.7. The molecule has 0 saturated carbocycles. The van der Waals surface area contributed by atoms with Gasteiger partial charge in [-0.2, -0.15) is 0 Å². The van der Waals surface area contributed by atoms with Gasteiger partial charge in [0.05, 0.1) is 0 Å². The summed E-state index contributed by atoms with van der Waals surface area (Å²) < 4.78 is 0. The molecule has 0 spiro atoms. The van der Waals surface area contributed by atoms with Crippen molar-refractivity contribution >= 4 is 22.7 Å². The lowest BCUT2D eigenvalue weighted by atomic mass is 9.94. The van der Waals surface area contributed by atoms with Gasteiger partial charge in [-0.1, -0.05) is 158 Å². The van der Waals surface area contributed by atoms with E-state index in [9.17, 15) is 0 Å². The van der Waals surface area contributed by atoms with Gasteiger partial charge in [0.1, 0.15) is 0 Å². The second kappa shape index (κ2) is 14.2. The van der Waals surface area contributed by atoms with Crippen molar-refractivity contribution in [1.82, 2.24) is 0 Å². The van der Waals surface area contributed by atoms with E-state index in [1.807, 2.05) is 6.07 Å². The summed E-state index contributed by atoms with van der Waals surface area (Å²) in [5.74, 6) is 0. The van der Waals surface area contributed by atoms with E-state index in [0.717, 1.165) is 45.0 Å². The number of hydrogen-bond donors (Lipinski definition) is 2. The first-order chi connectivity index (χ1) is 24.8. The number of rotatable bonds is 9. The quantitative estimate of drug-likeness (QED) is 0.164. The zero-order chi connectivity index (χ0) is 33.5. The number of benzene rings is 8. The monoisotopic (exact) mass is 640 g/mol. The highest BCUT2D eigenvalue weighted by Gasteiger charge is 2.12. The minimum atomic E-state index is 1.05. The molecule has 8 aromatic carbocycles. The maximum absolute atomic E-state index is 3.73. The summed E-state index contributed by atoms with van der Waals surface area (Å²) in [6, 6.07) is 72.9. The van der Waals surface area contributed by atoms with Crippen molar-refractivity contribution in [2.45, 2.75) is 0 Å². The summed E-state index contributed by atoms with van der Waals surface area (Å²) in [5.41, 5.74) is 16.0. The van der Waals surface area contributed by atoms with Crippen molar-refractivity contribution in [3.63, 3.8) is 0 Å². The molecule has 50 heavy (non-hydrogen) atoms. The molecule has 0 aliphatic heterocycles. The molecule has 0 radical (unpaired) electrons. The molecule has 238 valence electrons. The van der Waals surface area contributed by atoms with Gasteiger partial charge in [-0.25, -0.2) is 0 Å². The van der Waals surface area contributed by atoms with Crippen LogP contribution < -0.4 is 10.6 Å². The smallest absolute Gasteiger partial charge is 0.0464 e. The second-order valence-electron chi connectivity index (χ2n) is 12.4. The van der Waals surface area contributed by atoms with Crippen LogP contribution in [-0.4, -0.2) is 0 Å². The van der Waals surface area contributed by atoms with Crippen molar-refractivity contribution in [3.05, 3.63) is 206 Å². The number of hydrogen-bond acceptors (Lipinski definition) is 2. The molecule has 8 rings (SSSR count). The van der Waals surface area contributed by atoms with Crippen LogP contribution in [0.15, 0.2) is 206 Å². The first-order valence-electron chi connectivity index (χ1n) is 17.0. The largest absolute Gasteiger partial charge is 0.355 e. The van der Waals surface area contributed by atoms with E-state index < -0.39 is 0 Å². The van der Waals surface area contributed by atoms with Crippen LogP contribution in [0.4, 0.5) is 22.7 Å². The van der Waals surface area contributed by atoms with Gasteiger partial charge in [-0.05, 0) is 93.0 Å². The van der Waals surface area contributed by atoms with Gasteiger partial charge in [0, 0.05) is 33.9 Å². The SMILES string of the molecule is c1ccc(-c2ccc(Nc3ccccc3-c3cccc(-c4ccc(Nc5cccc(-c6ccccc6)c5)c(-c5ccccc5)c4)c3)cc2)cc1. The third-order valence-electron chi connectivity index (χ3n) is 9.06. The Balaban J connectivity index is 1.10. The van der Waals surface area contributed by atoms with Crippen LogP contribution in [0.5, 0.6) is 0 Å². The number of para-hydroxylation sites is 1. The molecule has 0 saturated heterocycles. The van der Waals surface area contributed by atoms with Crippen molar-refractivity contribution in [2.24, 2.45) is 0 Å². The maximum Gasteiger partial charge on any atom is 0.0464 e. The Morgan fingerprint density at radius 2 is 0.680 bits per heavy atom. The van der Waals surface area contributed by atoms with Gasteiger partial charge in [0.2, 0.25) is 0 Å². The second-order valence-corrected chi connectivity index (χ2v) is 12.4. The predicted octanol–water partition coefficient (Wildman–Crippen LogP) is 13.5. The molecule has 0 fully saturated rings. The van der Waals surface area contributed by atoms with Crippen LogP contribution in [-0.2, 0) is 0 Å². The summed E-state index contributed by atoms with van der Waals surface area (Å²) in [5, 5.41) is 7.41. The Morgan fingerprint density at radius 3 is 1.40 bits per heavy atom. The summed E-state index contributed by atoms with van der Waals surface area (Å²) in [6.07, 6.45) is 0. The van der Waals surface area contributed by atoms with E-state index in [1.165, 1.54) is 33.4 Å². The van der Waals surface area contributed by atoms with E-state index in [-0.39, 0.29) is 0 Å². The van der Waals surface area contributed by atoms with E-state index in [4.69, 9.17) is 0 Å². The highest BCUT2D eigenvalue weighted by atomic mass is 14.9. The van der Waals surface area contributed by atoms with Crippen LogP contribution in [0.25, 0.3) is 55.6 Å². The Kier molecular flexibility index (Phi) is 8.73. The van der Waals surface area contributed by atoms with Crippen molar-refractivity contribution in [1.29, 1.82) is 0 Å². The van der Waals surface area contributed by atoms with Gasteiger partial charge < -0.3 is 10.6 Å². The molecule has 2 heteroatoms. The number of anilines is 4. The van der Waals surface area contributed by atoms with Crippen LogP contribution in [0.1, 0.15) is 0 Å². The van der Waals surface area contributed by atoms with Crippen molar-refractivity contribution in [3.8, 4) is 55.6 Å². The lowest BCUT2D eigenvalue weighted by Crippen LogP contribution is -1.95. The summed E-state index contributed by atoms with van der Waals surface area (Å²) in [6.45, 7) is 0. The summed E-state index contributed by atoms with van der Waals surface area (Å²) in [7, 11) is 0. The predicted molar refractivity (Wildman–Crippen MR) is 213 cm³/mol. The fourth-order valence-corrected chi connectivity index (χ4v) is 6.49. The fraction of sp³-hybridized carbons (Fsp3) is 0. The summed E-state index contributed by atoms with van der Waals surface area (Å²) >= 11 is 0. The average molecular weight is 641 g/mol.